The zero-order valence-electron chi connectivity index (χ0n) is 13.0. The van der Waals surface area contributed by atoms with Crippen molar-refractivity contribution in [3.8, 4) is 0 Å². The summed E-state index contributed by atoms with van der Waals surface area (Å²) >= 11 is 0. The lowest BCUT2D eigenvalue weighted by Crippen LogP contribution is -2.44. The lowest BCUT2D eigenvalue weighted by atomic mass is 10.0. The Labute approximate surface area is 126 Å². The first kappa shape index (κ1) is 17.9. The third-order valence-corrected chi connectivity index (χ3v) is 4.28. The first-order chi connectivity index (χ1) is 10.0. The summed E-state index contributed by atoms with van der Waals surface area (Å²) in [4.78, 5) is 23.5. The van der Waals surface area contributed by atoms with E-state index >= 15 is 0 Å². The summed E-state index contributed by atoms with van der Waals surface area (Å²) in [5.41, 5.74) is 0. The van der Waals surface area contributed by atoms with Crippen molar-refractivity contribution in [2.75, 3.05) is 33.2 Å². The Balaban J connectivity index is 0.000000315. The Morgan fingerprint density at radius 1 is 0.810 bits per heavy atom. The van der Waals surface area contributed by atoms with Gasteiger partial charge >= 0.3 is 11.9 Å². The molecule has 2 N–H and O–H groups in total. The minimum Gasteiger partial charge on any atom is -0.473 e. The molecule has 6 nitrogen and oxygen atoms in total. The fraction of sp³-hybridized carbons (Fsp3) is 0.867. The smallest absolute Gasteiger partial charge is 0.414 e. The predicted molar refractivity (Wildman–Crippen MR) is 80.4 cm³/mol. The molecule has 2 aliphatic rings. The lowest BCUT2D eigenvalue weighted by Gasteiger charge is -2.38. The standard InChI is InChI=1S/C13H26N2.C2H2O4/c1-14-11-7-13(8-12-14)15-9-5-3-2-4-6-10-15;3-1(4)2(5)6/h13H,2-12H2,1H3;(H,3,4)(H,5,6). The molecule has 2 rings (SSSR count). The van der Waals surface area contributed by atoms with E-state index in [-0.39, 0.29) is 0 Å². The molecule has 0 aromatic heterocycles. The molecule has 0 amide bonds. The number of aliphatic carboxylic acids is 2. The van der Waals surface area contributed by atoms with Crippen molar-refractivity contribution in [1.29, 1.82) is 0 Å². The van der Waals surface area contributed by atoms with E-state index in [2.05, 4.69) is 16.8 Å². The van der Waals surface area contributed by atoms with E-state index in [4.69, 9.17) is 19.8 Å². The van der Waals surface area contributed by atoms with Gasteiger partial charge in [0.1, 0.15) is 0 Å². The second-order valence-corrected chi connectivity index (χ2v) is 5.95. The van der Waals surface area contributed by atoms with Crippen molar-refractivity contribution in [3.05, 3.63) is 0 Å². The fourth-order valence-electron chi connectivity index (χ4n) is 3.00. The molecule has 0 radical (unpaired) electrons. The number of hydrogen-bond donors (Lipinski definition) is 2. The monoisotopic (exact) mass is 300 g/mol. The minimum absolute atomic E-state index is 0.902. The molecule has 0 unspecified atom stereocenters. The lowest BCUT2D eigenvalue weighted by molar-refractivity contribution is -0.159. The Kier molecular flexibility index (Phi) is 8.30. The Morgan fingerprint density at radius 2 is 1.24 bits per heavy atom. The van der Waals surface area contributed by atoms with Crippen LogP contribution in [0, 0.1) is 0 Å². The maximum Gasteiger partial charge on any atom is 0.414 e. The minimum atomic E-state index is -1.82. The molecular formula is C15H28N2O4. The predicted octanol–water partition coefficient (Wildman–Crippen LogP) is 1.50. The second kappa shape index (κ2) is 9.73. The second-order valence-electron chi connectivity index (χ2n) is 5.95. The van der Waals surface area contributed by atoms with Crippen molar-refractivity contribution in [3.63, 3.8) is 0 Å². The first-order valence-corrected chi connectivity index (χ1v) is 7.89. The summed E-state index contributed by atoms with van der Waals surface area (Å²) < 4.78 is 0. The van der Waals surface area contributed by atoms with Crippen LogP contribution in [-0.2, 0) is 9.59 Å². The van der Waals surface area contributed by atoms with Gasteiger partial charge in [0.2, 0.25) is 0 Å². The third kappa shape index (κ3) is 7.43. The van der Waals surface area contributed by atoms with Crippen molar-refractivity contribution < 1.29 is 19.8 Å². The van der Waals surface area contributed by atoms with E-state index in [9.17, 15) is 0 Å². The number of hydrogen-bond acceptors (Lipinski definition) is 4. The Bertz CT molecular complexity index is 308. The van der Waals surface area contributed by atoms with Gasteiger partial charge in [0.05, 0.1) is 0 Å². The van der Waals surface area contributed by atoms with Crippen LogP contribution in [0.2, 0.25) is 0 Å². The third-order valence-electron chi connectivity index (χ3n) is 4.28. The van der Waals surface area contributed by atoms with Crippen LogP contribution >= 0.6 is 0 Å². The number of carboxylic acid groups (broad SMARTS) is 2. The van der Waals surface area contributed by atoms with Gasteiger partial charge < -0.3 is 20.0 Å². The largest absolute Gasteiger partial charge is 0.473 e. The molecule has 2 saturated heterocycles. The van der Waals surface area contributed by atoms with Gasteiger partial charge in [-0.3, -0.25) is 0 Å². The van der Waals surface area contributed by atoms with Crippen LogP contribution in [0.25, 0.3) is 0 Å². The van der Waals surface area contributed by atoms with Crippen LogP contribution in [0.5, 0.6) is 0 Å². The SMILES string of the molecule is CN1CCC(N2CCCCCCC2)CC1.O=C(O)C(=O)O. The summed E-state index contributed by atoms with van der Waals surface area (Å²) in [7, 11) is 2.25. The molecule has 0 aromatic rings. The van der Waals surface area contributed by atoms with Crippen LogP contribution in [0.4, 0.5) is 0 Å². The average molecular weight is 300 g/mol. The highest BCUT2D eigenvalue weighted by molar-refractivity contribution is 6.27. The van der Waals surface area contributed by atoms with Crippen LogP contribution in [0.3, 0.4) is 0 Å². The van der Waals surface area contributed by atoms with Crippen molar-refractivity contribution in [1.82, 2.24) is 9.80 Å². The van der Waals surface area contributed by atoms with Gasteiger partial charge in [0.15, 0.2) is 0 Å². The first-order valence-electron chi connectivity index (χ1n) is 7.89. The normalized spacial score (nSPS) is 22.5. The quantitative estimate of drug-likeness (QED) is 0.714. The molecule has 0 spiro atoms. The highest BCUT2D eigenvalue weighted by Gasteiger charge is 2.22. The van der Waals surface area contributed by atoms with Gasteiger partial charge in [-0.15, -0.1) is 0 Å². The summed E-state index contributed by atoms with van der Waals surface area (Å²) in [6.45, 7) is 5.35. The van der Waals surface area contributed by atoms with Crippen LogP contribution < -0.4 is 0 Å². The van der Waals surface area contributed by atoms with E-state index in [0.29, 0.717) is 0 Å². The number of nitrogens with zero attached hydrogens (tertiary/aromatic N) is 2. The van der Waals surface area contributed by atoms with Gasteiger partial charge in [0, 0.05) is 6.04 Å². The maximum absolute atomic E-state index is 9.10. The zero-order valence-corrected chi connectivity index (χ0v) is 13.0. The summed E-state index contributed by atoms with van der Waals surface area (Å²) in [6, 6.07) is 0.902. The molecule has 0 bridgehead atoms. The molecule has 6 heteroatoms. The van der Waals surface area contributed by atoms with E-state index in [1.165, 1.54) is 71.1 Å². The summed E-state index contributed by atoms with van der Waals surface area (Å²) in [5.74, 6) is -3.65. The van der Waals surface area contributed by atoms with Crippen molar-refractivity contribution >= 4 is 11.9 Å². The molecule has 0 saturated carbocycles. The molecule has 0 aromatic carbocycles. The van der Waals surface area contributed by atoms with E-state index < -0.39 is 11.9 Å². The Morgan fingerprint density at radius 3 is 1.67 bits per heavy atom. The van der Waals surface area contributed by atoms with E-state index in [1.54, 1.807) is 0 Å². The van der Waals surface area contributed by atoms with Gasteiger partial charge in [-0.05, 0) is 58.9 Å². The number of carbonyl (C=O) groups is 2. The van der Waals surface area contributed by atoms with Crippen LogP contribution in [0.1, 0.15) is 44.9 Å². The van der Waals surface area contributed by atoms with E-state index in [0.717, 1.165) is 6.04 Å². The average Bonchev–Trinajstić information content (AvgIpc) is 2.40. The number of carboxylic acids is 2. The topological polar surface area (TPSA) is 81.1 Å². The molecule has 0 aliphatic carbocycles. The molecule has 2 aliphatic heterocycles. The molecule has 2 fully saturated rings. The Hall–Kier alpha value is -1.14. The number of likely N-dealkylation sites (tertiary alicyclic amines) is 2. The fourth-order valence-corrected chi connectivity index (χ4v) is 3.00. The summed E-state index contributed by atoms with van der Waals surface area (Å²) in [6.07, 6.45) is 10.1. The van der Waals surface area contributed by atoms with Crippen LogP contribution in [0.15, 0.2) is 0 Å². The highest BCUT2D eigenvalue weighted by atomic mass is 16.4. The molecule has 122 valence electrons. The highest BCUT2D eigenvalue weighted by Crippen LogP contribution is 2.19. The van der Waals surface area contributed by atoms with Crippen LogP contribution in [-0.4, -0.2) is 71.2 Å². The van der Waals surface area contributed by atoms with Gasteiger partial charge in [-0.25, -0.2) is 9.59 Å². The van der Waals surface area contributed by atoms with Crippen molar-refractivity contribution in [2.24, 2.45) is 0 Å². The number of piperidine rings is 1. The van der Waals surface area contributed by atoms with Crippen molar-refractivity contribution in [2.45, 2.75) is 51.0 Å². The molecule has 0 atom stereocenters. The number of rotatable bonds is 1. The molecule has 2 heterocycles. The van der Waals surface area contributed by atoms with Gasteiger partial charge in [-0.1, -0.05) is 19.3 Å². The van der Waals surface area contributed by atoms with Gasteiger partial charge in [0.25, 0.3) is 0 Å². The maximum atomic E-state index is 9.10. The molecular weight excluding hydrogens is 272 g/mol. The summed E-state index contributed by atoms with van der Waals surface area (Å²) in [5, 5.41) is 14.8. The zero-order chi connectivity index (χ0) is 15.7. The van der Waals surface area contributed by atoms with E-state index in [1.807, 2.05) is 0 Å². The molecule has 21 heavy (non-hydrogen) atoms. The van der Waals surface area contributed by atoms with Gasteiger partial charge in [-0.2, -0.15) is 0 Å².